The molecule has 7 heteroatoms. The van der Waals surface area contributed by atoms with E-state index in [4.69, 9.17) is 9.52 Å². The summed E-state index contributed by atoms with van der Waals surface area (Å²) in [5, 5.41) is 9.05. The predicted octanol–water partition coefficient (Wildman–Crippen LogP) is 1.55. The van der Waals surface area contributed by atoms with Gasteiger partial charge in [-0.2, -0.15) is 8.78 Å². The van der Waals surface area contributed by atoms with Crippen LogP contribution in [-0.4, -0.2) is 40.9 Å². The van der Waals surface area contributed by atoms with Crippen LogP contribution in [0, 0.1) is 0 Å². The molecule has 0 saturated carbocycles. The maximum absolute atomic E-state index is 11.9. The maximum atomic E-state index is 11.9. The Morgan fingerprint density at radius 3 is 2.88 bits per heavy atom. The van der Waals surface area contributed by atoms with Gasteiger partial charge in [-0.25, -0.2) is 0 Å². The van der Waals surface area contributed by atoms with Crippen molar-refractivity contribution in [3.8, 4) is 0 Å². The number of carbonyl (C=O) groups excluding carboxylic acids is 1. The Morgan fingerprint density at radius 2 is 2.29 bits per heavy atom. The third kappa shape index (κ3) is 2.98. The van der Waals surface area contributed by atoms with Gasteiger partial charge in [-0.15, -0.1) is 0 Å². The third-order valence-corrected chi connectivity index (χ3v) is 3.08. The summed E-state index contributed by atoms with van der Waals surface area (Å²) < 4.78 is 29.0. The standard InChI is InChI=1S/C10H11F2NO3S/c11-10(12)17-5-7-1-2-8(16-7)9(15)13-3-6(14)4-13/h1-2,6,10,14H,3-5H2. The first kappa shape index (κ1) is 12.4. The second-order valence-electron chi connectivity index (χ2n) is 3.70. The van der Waals surface area contributed by atoms with Crippen LogP contribution in [0.1, 0.15) is 16.3 Å². The van der Waals surface area contributed by atoms with Crippen LogP contribution < -0.4 is 0 Å². The van der Waals surface area contributed by atoms with E-state index < -0.39 is 11.9 Å². The molecular formula is C10H11F2NO3S. The fourth-order valence-corrected chi connectivity index (χ4v) is 1.94. The number of carbonyl (C=O) groups is 1. The van der Waals surface area contributed by atoms with Crippen LogP contribution in [0.5, 0.6) is 0 Å². The van der Waals surface area contributed by atoms with Crippen molar-refractivity contribution in [3.63, 3.8) is 0 Å². The van der Waals surface area contributed by atoms with Crippen molar-refractivity contribution in [2.24, 2.45) is 0 Å². The molecule has 2 rings (SSSR count). The monoisotopic (exact) mass is 263 g/mol. The van der Waals surface area contributed by atoms with Gasteiger partial charge in [-0.1, -0.05) is 11.8 Å². The lowest BCUT2D eigenvalue weighted by Crippen LogP contribution is -2.53. The largest absolute Gasteiger partial charge is 0.455 e. The van der Waals surface area contributed by atoms with Crippen LogP contribution >= 0.6 is 11.8 Å². The van der Waals surface area contributed by atoms with E-state index in [0.29, 0.717) is 30.6 Å². The number of hydrogen-bond donors (Lipinski definition) is 1. The van der Waals surface area contributed by atoms with Gasteiger partial charge in [-0.05, 0) is 12.1 Å². The number of likely N-dealkylation sites (tertiary alicyclic amines) is 1. The first-order valence-corrected chi connectivity index (χ1v) is 6.07. The quantitative estimate of drug-likeness (QED) is 0.895. The summed E-state index contributed by atoms with van der Waals surface area (Å²) in [6, 6.07) is 2.98. The smallest absolute Gasteiger partial charge is 0.289 e. The Balaban J connectivity index is 1.91. The van der Waals surface area contributed by atoms with Gasteiger partial charge in [0.1, 0.15) is 5.76 Å². The minimum atomic E-state index is -2.45. The zero-order valence-electron chi connectivity index (χ0n) is 8.81. The minimum absolute atomic E-state index is 0.0353. The molecule has 1 saturated heterocycles. The fourth-order valence-electron chi connectivity index (χ4n) is 1.49. The molecule has 0 bridgehead atoms. The van der Waals surface area contributed by atoms with Gasteiger partial charge in [0.2, 0.25) is 0 Å². The van der Waals surface area contributed by atoms with E-state index in [-0.39, 0.29) is 17.4 Å². The van der Waals surface area contributed by atoms with Crippen LogP contribution in [0.4, 0.5) is 8.78 Å². The number of rotatable bonds is 4. The Kier molecular flexibility index (Phi) is 3.68. The summed E-state index contributed by atoms with van der Waals surface area (Å²) in [5.74, 6) is -2.26. The van der Waals surface area contributed by atoms with E-state index in [2.05, 4.69) is 0 Å². The average molecular weight is 263 g/mol. The number of halogens is 2. The summed E-state index contributed by atoms with van der Waals surface area (Å²) in [7, 11) is 0. The summed E-state index contributed by atoms with van der Waals surface area (Å²) in [6.45, 7) is 0.585. The molecule has 0 radical (unpaired) electrons. The predicted molar refractivity (Wildman–Crippen MR) is 57.9 cm³/mol. The highest BCUT2D eigenvalue weighted by Crippen LogP contribution is 2.22. The lowest BCUT2D eigenvalue weighted by atomic mass is 10.1. The van der Waals surface area contributed by atoms with E-state index in [1.807, 2.05) is 0 Å². The lowest BCUT2D eigenvalue weighted by Gasteiger charge is -2.35. The normalized spacial score (nSPS) is 16.4. The van der Waals surface area contributed by atoms with Gasteiger partial charge in [0.15, 0.2) is 5.76 Å². The highest BCUT2D eigenvalue weighted by molar-refractivity contribution is 7.98. The number of aliphatic hydroxyl groups is 1. The van der Waals surface area contributed by atoms with Crippen LogP contribution in [0.2, 0.25) is 0 Å². The van der Waals surface area contributed by atoms with Gasteiger partial charge in [0, 0.05) is 13.1 Å². The lowest BCUT2D eigenvalue weighted by molar-refractivity contribution is 0.00385. The van der Waals surface area contributed by atoms with Crippen molar-refractivity contribution >= 4 is 17.7 Å². The molecule has 94 valence electrons. The summed E-state index contributed by atoms with van der Waals surface area (Å²) >= 11 is 0.446. The van der Waals surface area contributed by atoms with Crippen molar-refractivity contribution < 1.29 is 23.1 Å². The Labute approximate surface area is 101 Å². The SMILES string of the molecule is O=C(c1ccc(CSC(F)F)o1)N1CC(O)C1. The fraction of sp³-hybridized carbons (Fsp3) is 0.500. The van der Waals surface area contributed by atoms with Gasteiger partial charge in [0.05, 0.1) is 11.9 Å². The molecule has 1 aromatic heterocycles. The Hall–Kier alpha value is -1.08. The number of hydrogen-bond acceptors (Lipinski definition) is 4. The molecule has 1 amide bonds. The molecule has 2 heterocycles. The van der Waals surface area contributed by atoms with Crippen molar-refractivity contribution in [2.75, 3.05) is 13.1 Å². The van der Waals surface area contributed by atoms with E-state index in [9.17, 15) is 13.6 Å². The second kappa shape index (κ2) is 5.05. The molecular weight excluding hydrogens is 252 g/mol. The Morgan fingerprint density at radius 1 is 1.59 bits per heavy atom. The molecule has 1 aromatic rings. The zero-order chi connectivity index (χ0) is 12.4. The van der Waals surface area contributed by atoms with Crippen LogP contribution in [0.3, 0.4) is 0 Å². The van der Waals surface area contributed by atoms with Crippen molar-refractivity contribution in [1.29, 1.82) is 0 Å². The second-order valence-corrected chi connectivity index (χ2v) is 4.68. The van der Waals surface area contributed by atoms with Crippen LogP contribution in [-0.2, 0) is 5.75 Å². The van der Waals surface area contributed by atoms with Gasteiger partial charge < -0.3 is 14.4 Å². The van der Waals surface area contributed by atoms with Crippen LogP contribution in [0.15, 0.2) is 16.5 Å². The van der Waals surface area contributed by atoms with Crippen molar-refractivity contribution in [1.82, 2.24) is 4.90 Å². The number of furan rings is 1. The molecule has 1 aliphatic rings. The number of amides is 1. The molecule has 0 atom stereocenters. The number of alkyl halides is 2. The van der Waals surface area contributed by atoms with E-state index >= 15 is 0 Å². The third-order valence-electron chi connectivity index (χ3n) is 2.37. The summed E-state index contributed by atoms with van der Waals surface area (Å²) in [6.07, 6.45) is -0.470. The molecule has 0 aromatic carbocycles. The molecule has 1 aliphatic heterocycles. The Bertz CT molecular complexity index is 404. The first-order chi connectivity index (χ1) is 8.06. The van der Waals surface area contributed by atoms with E-state index in [1.54, 1.807) is 0 Å². The van der Waals surface area contributed by atoms with Crippen molar-refractivity contribution in [2.45, 2.75) is 17.6 Å². The first-order valence-electron chi connectivity index (χ1n) is 5.02. The highest BCUT2D eigenvalue weighted by Gasteiger charge is 2.31. The molecule has 0 aliphatic carbocycles. The van der Waals surface area contributed by atoms with E-state index in [0.717, 1.165) is 0 Å². The zero-order valence-corrected chi connectivity index (χ0v) is 9.62. The number of thioether (sulfide) groups is 1. The molecule has 0 unspecified atom stereocenters. The van der Waals surface area contributed by atoms with Gasteiger partial charge in [-0.3, -0.25) is 4.79 Å². The summed E-state index contributed by atoms with van der Waals surface area (Å²) in [4.78, 5) is 13.1. The van der Waals surface area contributed by atoms with Crippen LogP contribution in [0.25, 0.3) is 0 Å². The minimum Gasteiger partial charge on any atom is -0.455 e. The maximum Gasteiger partial charge on any atom is 0.289 e. The number of β-amino-alcohol motifs (C(OH)–C–C–N with tert-alkyl or cyclic N) is 1. The molecule has 0 spiro atoms. The number of aliphatic hydroxyl groups excluding tert-OH is 1. The molecule has 1 fully saturated rings. The van der Waals surface area contributed by atoms with E-state index in [1.165, 1.54) is 17.0 Å². The summed E-state index contributed by atoms with van der Waals surface area (Å²) in [5.41, 5.74) is 0. The molecule has 1 N–H and O–H groups in total. The average Bonchev–Trinajstić information content (AvgIpc) is 2.69. The number of nitrogens with zero attached hydrogens (tertiary/aromatic N) is 1. The molecule has 4 nitrogen and oxygen atoms in total. The molecule has 17 heavy (non-hydrogen) atoms. The van der Waals surface area contributed by atoms with Crippen molar-refractivity contribution in [3.05, 3.63) is 23.7 Å². The highest BCUT2D eigenvalue weighted by atomic mass is 32.2. The topological polar surface area (TPSA) is 53.7 Å². The van der Waals surface area contributed by atoms with Gasteiger partial charge in [0.25, 0.3) is 11.7 Å². The van der Waals surface area contributed by atoms with Gasteiger partial charge >= 0.3 is 0 Å².